The number of ether oxygens (including phenoxy) is 2. The molecule has 0 aliphatic rings. The number of methoxy groups -OCH3 is 2. The Morgan fingerprint density at radius 1 is 1.12 bits per heavy atom. The van der Waals surface area contributed by atoms with E-state index in [-0.39, 0.29) is 10.7 Å². The van der Waals surface area contributed by atoms with Crippen LogP contribution >= 0.6 is 11.6 Å². The Balaban J connectivity index is 2.00. The maximum Gasteiger partial charge on any atom is 0.329 e. The third-order valence-electron chi connectivity index (χ3n) is 3.19. The lowest BCUT2D eigenvalue weighted by Gasteiger charge is -2.07. The van der Waals surface area contributed by atoms with E-state index in [0.717, 1.165) is 6.07 Å². The number of hydrogen-bond donors (Lipinski definition) is 2. The highest BCUT2D eigenvalue weighted by atomic mass is 35.5. The molecule has 0 atom stereocenters. The zero-order chi connectivity index (χ0) is 19.1. The Kier molecular flexibility index (Phi) is 6.51. The molecule has 0 aliphatic carbocycles. The van der Waals surface area contributed by atoms with Crippen LogP contribution in [0.4, 0.5) is 10.1 Å². The average molecular weight is 380 g/mol. The Labute approximate surface area is 153 Å². The first kappa shape index (κ1) is 19.2. The van der Waals surface area contributed by atoms with Crippen LogP contribution in [0.15, 0.2) is 41.5 Å². The molecule has 2 aromatic rings. The number of nitrogens with zero attached hydrogens (tertiary/aromatic N) is 1. The van der Waals surface area contributed by atoms with Crippen LogP contribution in [-0.4, -0.2) is 32.2 Å². The van der Waals surface area contributed by atoms with E-state index in [9.17, 15) is 14.0 Å². The van der Waals surface area contributed by atoms with E-state index >= 15 is 0 Å². The molecule has 0 aliphatic heterocycles. The van der Waals surface area contributed by atoms with Crippen molar-refractivity contribution in [2.24, 2.45) is 5.10 Å². The minimum atomic E-state index is -1.01. The topological polar surface area (TPSA) is 89.0 Å². The van der Waals surface area contributed by atoms with Gasteiger partial charge in [0.1, 0.15) is 17.3 Å². The molecule has 0 unspecified atom stereocenters. The van der Waals surface area contributed by atoms with Crippen molar-refractivity contribution in [3.8, 4) is 11.5 Å². The van der Waals surface area contributed by atoms with Crippen molar-refractivity contribution in [3.63, 3.8) is 0 Å². The third kappa shape index (κ3) is 4.93. The van der Waals surface area contributed by atoms with Gasteiger partial charge in [0, 0.05) is 11.3 Å². The summed E-state index contributed by atoms with van der Waals surface area (Å²) in [5.41, 5.74) is 2.80. The maximum atomic E-state index is 13.1. The van der Waals surface area contributed by atoms with E-state index in [1.165, 1.54) is 32.6 Å². The first-order valence-electron chi connectivity index (χ1n) is 7.26. The molecule has 0 spiro atoms. The molecule has 136 valence electrons. The van der Waals surface area contributed by atoms with Crippen molar-refractivity contribution in [3.05, 3.63) is 52.8 Å². The Hall–Kier alpha value is -3.13. The lowest BCUT2D eigenvalue weighted by molar-refractivity contribution is -0.136. The fourth-order valence-corrected chi connectivity index (χ4v) is 2.09. The highest BCUT2D eigenvalue weighted by molar-refractivity contribution is 6.39. The van der Waals surface area contributed by atoms with Crippen LogP contribution in [-0.2, 0) is 9.59 Å². The van der Waals surface area contributed by atoms with Crippen molar-refractivity contribution in [1.29, 1.82) is 0 Å². The molecule has 0 heterocycles. The molecule has 26 heavy (non-hydrogen) atoms. The molecular weight excluding hydrogens is 365 g/mol. The Bertz CT molecular complexity index is 858. The molecule has 0 bridgehead atoms. The lowest BCUT2D eigenvalue weighted by Crippen LogP contribution is -2.32. The van der Waals surface area contributed by atoms with E-state index in [1.54, 1.807) is 18.2 Å². The van der Waals surface area contributed by atoms with Crippen molar-refractivity contribution < 1.29 is 23.5 Å². The number of benzene rings is 2. The van der Waals surface area contributed by atoms with Gasteiger partial charge in [-0.3, -0.25) is 9.59 Å². The monoisotopic (exact) mass is 379 g/mol. The minimum absolute atomic E-state index is 0.175. The van der Waals surface area contributed by atoms with E-state index in [0.29, 0.717) is 17.1 Å². The second kappa shape index (κ2) is 8.82. The van der Waals surface area contributed by atoms with Crippen LogP contribution in [0.3, 0.4) is 0 Å². The second-order valence-corrected chi connectivity index (χ2v) is 5.30. The molecule has 2 aromatic carbocycles. The van der Waals surface area contributed by atoms with Gasteiger partial charge in [-0.05, 0) is 36.4 Å². The average Bonchev–Trinajstić information content (AvgIpc) is 2.64. The number of nitrogens with one attached hydrogen (secondary N) is 2. The van der Waals surface area contributed by atoms with Gasteiger partial charge in [0.2, 0.25) is 0 Å². The molecule has 2 N–H and O–H groups in total. The SMILES string of the molecule is COc1ccc(OC)c(/C=N/NC(=O)C(=O)Nc2ccc(F)c(Cl)c2)c1. The van der Waals surface area contributed by atoms with Gasteiger partial charge in [0.15, 0.2) is 0 Å². The summed E-state index contributed by atoms with van der Waals surface area (Å²) in [6, 6.07) is 8.56. The summed E-state index contributed by atoms with van der Waals surface area (Å²) in [4.78, 5) is 23.6. The zero-order valence-electron chi connectivity index (χ0n) is 13.9. The van der Waals surface area contributed by atoms with Crippen molar-refractivity contribution in [2.45, 2.75) is 0 Å². The fourth-order valence-electron chi connectivity index (χ4n) is 1.91. The van der Waals surface area contributed by atoms with Crippen LogP contribution in [0.1, 0.15) is 5.56 Å². The van der Waals surface area contributed by atoms with E-state index in [1.807, 2.05) is 0 Å². The molecule has 2 rings (SSSR count). The largest absolute Gasteiger partial charge is 0.497 e. The molecule has 0 aromatic heterocycles. The number of hydrazone groups is 1. The van der Waals surface area contributed by atoms with Gasteiger partial charge in [0.05, 0.1) is 25.5 Å². The molecule has 0 radical (unpaired) electrons. The summed E-state index contributed by atoms with van der Waals surface area (Å²) in [5, 5.41) is 5.82. The fraction of sp³-hybridized carbons (Fsp3) is 0.118. The molecule has 7 nitrogen and oxygen atoms in total. The van der Waals surface area contributed by atoms with Gasteiger partial charge in [-0.25, -0.2) is 9.82 Å². The summed E-state index contributed by atoms with van der Waals surface area (Å²) in [6.45, 7) is 0. The normalized spacial score (nSPS) is 10.5. The second-order valence-electron chi connectivity index (χ2n) is 4.89. The number of carbonyl (C=O) groups is 2. The minimum Gasteiger partial charge on any atom is -0.497 e. The quantitative estimate of drug-likeness (QED) is 0.474. The first-order chi connectivity index (χ1) is 12.4. The van der Waals surface area contributed by atoms with E-state index in [2.05, 4.69) is 15.8 Å². The highest BCUT2D eigenvalue weighted by Gasteiger charge is 2.14. The summed E-state index contributed by atoms with van der Waals surface area (Å²) < 4.78 is 23.3. The summed E-state index contributed by atoms with van der Waals surface area (Å²) >= 11 is 5.61. The van der Waals surface area contributed by atoms with Crippen LogP contribution < -0.4 is 20.2 Å². The predicted octanol–water partition coefficient (Wildman–Crippen LogP) is 2.59. The van der Waals surface area contributed by atoms with Gasteiger partial charge >= 0.3 is 11.8 Å². The molecule has 2 amide bonds. The van der Waals surface area contributed by atoms with Crippen molar-refractivity contribution >= 4 is 35.3 Å². The summed E-state index contributed by atoms with van der Waals surface area (Å²) in [7, 11) is 3.00. The summed E-state index contributed by atoms with van der Waals surface area (Å²) in [6.07, 6.45) is 1.31. The van der Waals surface area contributed by atoms with Gasteiger partial charge in [-0.1, -0.05) is 11.6 Å². The Morgan fingerprint density at radius 3 is 2.54 bits per heavy atom. The van der Waals surface area contributed by atoms with Gasteiger partial charge in [-0.2, -0.15) is 5.10 Å². The Morgan fingerprint density at radius 2 is 1.88 bits per heavy atom. The number of carbonyl (C=O) groups excluding carboxylic acids is 2. The predicted molar refractivity (Wildman–Crippen MR) is 95.3 cm³/mol. The standard InChI is InChI=1S/C17H15ClFN3O4/c1-25-12-4-6-15(26-2)10(7-12)9-20-22-17(24)16(23)21-11-3-5-14(19)13(18)8-11/h3-9H,1-2H3,(H,21,23)(H,22,24)/b20-9+. The smallest absolute Gasteiger partial charge is 0.329 e. The van der Waals surface area contributed by atoms with Crippen LogP contribution in [0.5, 0.6) is 11.5 Å². The number of anilines is 1. The van der Waals surface area contributed by atoms with E-state index in [4.69, 9.17) is 21.1 Å². The first-order valence-corrected chi connectivity index (χ1v) is 7.64. The van der Waals surface area contributed by atoms with Gasteiger partial charge < -0.3 is 14.8 Å². The number of halogens is 2. The summed E-state index contributed by atoms with van der Waals surface area (Å²) in [5.74, 6) is -1.55. The van der Waals surface area contributed by atoms with Crippen LogP contribution in [0.25, 0.3) is 0 Å². The van der Waals surface area contributed by atoms with Crippen LogP contribution in [0, 0.1) is 5.82 Å². The maximum absolute atomic E-state index is 13.1. The van der Waals surface area contributed by atoms with E-state index < -0.39 is 17.6 Å². The molecule has 0 saturated carbocycles. The number of rotatable bonds is 5. The van der Waals surface area contributed by atoms with Gasteiger partial charge in [-0.15, -0.1) is 0 Å². The number of hydrogen-bond acceptors (Lipinski definition) is 5. The van der Waals surface area contributed by atoms with Crippen molar-refractivity contribution in [2.75, 3.05) is 19.5 Å². The molecular formula is C17H15ClFN3O4. The lowest BCUT2D eigenvalue weighted by atomic mass is 10.2. The number of amides is 2. The highest BCUT2D eigenvalue weighted by Crippen LogP contribution is 2.22. The van der Waals surface area contributed by atoms with Crippen molar-refractivity contribution in [1.82, 2.24) is 5.43 Å². The molecule has 0 saturated heterocycles. The zero-order valence-corrected chi connectivity index (χ0v) is 14.6. The van der Waals surface area contributed by atoms with Crippen LogP contribution in [0.2, 0.25) is 5.02 Å². The third-order valence-corrected chi connectivity index (χ3v) is 3.48. The molecule has 0 fully saturated rings. The van der Waals surface area contributed by atoms with Gasteiger partial charge in [0.25, 0.3) is 0 Å². The molecule has 9 heteroatoms.